The minimum atomic E-state index is -0.189. The van der Waals surface area contributed by atoms with Gasteiger partial charge in [0.1, 0.15) is 5.82 Å². The lowest BCUT2D eigenvalue weighted by molar-refractivity contribution is 0.141. The largest absolute Gasteiger partial charge is 0.393 e. The van der Waals surface area contributed by atoms with Crippen molar-refractivity contribution in [3.05, 3.63) is 17.7 Å². The van der Waals surface area contributed by atoms with Crippen molar-refractivity contribution in [2.75, 3.05) is 13.1 Å². The van der Waals surface area contributed by atoms with Gasteiger partial charge in [-0.15, -0.1) is 0 Å². The van der Waals surface area contributed by atoms with Crippen molar-refractivity contribution >= 4 is 0 Å². The van der Waals surface area contributed by atoms with Gasteiger partial charge in [0, 0.05) is 31.6 Å². The van der Waals surface area contributed by atoms with Crippen LogP contribution in [0.4, 0.5) is 0 Å². The van der Waals surface area contributed by atoms with Crippen LogP contribution in [-0.2, 0) is 19.4 Å². The average molecular weight is 249 g/mol. The summed E-state index contributed by atoms with van der Waals surface area (Å²) in [5.74, 6) is 1.07. The summed E-state index contributed by atoms with van der Waals surface area (Å²) < 4.78 is 2.23. The van der Waals surface area contributed by atoms with Gasteiger partial charge in [0.25, 0.3) is 0 Å². The zero-order chi connectivity index (χ0) is 12.5. The van der Waals surface area contributed by atoms with Crippen molar-refractivity contribution in [1.29, 1.82) is 0 Å². The van der Waals surface area contributed by atoms with Crippen LogP contribution in [0, 0.1) is 0 Å². The molecule has 1 N–H and O–H groups in total. The number of likely N-dealkylation sites (tertiary alicyclic amines) is 1. The van der Waals surface area contributed by atoms with Crippen molar-refractivity contribution < 1.29 is 5.11 Å². The molecule has 3 rings (SSSR count). The monoisotopic (exact) mass is 249 g/mol. The first kappa shape index (κ1) is 12.2. The Morgan fingerprint density at radius 3 is 3.11 bits per heavy atom. The minimum absolute atomic E-state index is 0.189. The lowest BCUT2D eigenvalue weighted by atomic mass is 10.1. The third kappa shape index (κ3) is 2.31. The SMILES string of the molecule is CCN1CCCC1Cc1cn2c(n1)CC(O)CC2. The lowest BCUT2D eigenvalue weighted by Crippen LogP contribution is -2.30. The number of hydrogen-bond donors (Lipinski definition) is 1. The molecule has 100 valence electrons. The molecule has 0 radical (unpaired) electrons. The molecule has 0 bridgehead atoms. The number of aryl methyl sites for hydroxylation is 1. The number of likely N-dealkylation sites (N-methyl/N-ethyl adjacent to an activating group) is 1. The topological polar surface area (TPSA) is 41.3 Å². The van der Waals surface area contributed by atoms with E-state index in [1.165, 1.54) is 25.1 Å². The second kappa shape index (κ2) is 5.02. The number of nitrogens with zero attached hydrogens (tertiary/aromatic N) is 3. The first-order valence-electron chi connectivity index (χ1n) is 7.23. The second-order valence-electron chi connectivity index (χ2n) is 5.62. The molecular formula is C14H23N3O. The molecule has 1 saturated heterocycles. The number of aromatic nitrogens is 2. The van der Waals surface area contributed by atoms with Gasteiger partial charge in [0.15, 0.2) is 0 Å². The third-order valence-electron chi connectivity index (χ3n) is 4.38. The minimum Gasteiger partial charge on any atom is -0.393 e. The van der Waals surface area contributed by atoms with Crippen LogP contribution in [0.2, 0.25) is 0 Å². The van der Waals surface area contributed by atoms with Gasteiger partial charge in [-0.1, -0.05) is 6.92 Å². The molecule has 4 heteroatoms. The molecule has 3 heterocycles. The fraction of sp³-hybridized carbons (Fsp3) is 0.786. The molecule has 0 spiro atoms. The molecule has 2 aliphatic heterocycles. The van der Waals surface area contributed by atoms with E-state index in [-0.39, 0.29) is 6.10 Å². The van der Waals surface area contributed by atoms with Gasteiger partial charge in [-0.05, 0) is 32.4 Å². The maximum atomic E-state index is 9.67. The molecule has 2 aliphatic rings. The van der Waals surface area contributed by atoms with Crippen LogP contribution in [0.25, 0.3) is 0 Å². The third-order valence-corrected chi connectivity index (χ3v) is 4.38. The van der Waals surface area contributed by atoms with Crippen molar-refractivity contribution in [2.45, 2.75) is 57.7 Å². The van der Waals surface area contributed by atoms with Crippen LogP contribution in [0.15, 0.2) is 6.20 Å². The smallest absolute Gasteiger partial charge is 0.111 e. The highest BCUT2D eigenvalue weighted by molar-refractivity contribution is 5.09. The van der Waals surface area contributed by atoms with E-state index in [9.17, 15) is 5.11 Å². The maximum Gasteiger partial charge on any atom is 0.111 e. The molecule has 1 aromatic heterocycles. The summed E-state index contributed by atoms with van der Waals surface area (Å²) in [5, 5.41) is 9.67. The van der Waals surface area contributed by atoms with Crippen LogP contribution in [0.3, 0.4) is 0 Å². The lowest BCUT2D eigenvalue weighted by Gasteiger charge is -2.21. The van der Waals surface area contributed by atoms with E-state index in [2.05, 4.69) is 22.6 Å². The molecule has 0 saturated carbocycles. The summed E-state index contributed by atoms with van der Waals surface area (Å²) in [6, 6.07) is 0.678. The zero-order valence-electron chi connectivity index (χ0n) is 11.2. The van der Waals surface area contributed by atoms with E-state index < -0.39 is 0 Å². The first-order chi connectivity index (χ1) is 8.76. The summed E-state index contributed by atoms with van der Waals surface area (Å²) in [6.45, 7) is 5.56. The van der Waals surface area contributed by atoms with Crippen LogP contribution in [0.1, 0.15) is 37.7 Å². The highest BCUT2D eigenvalue weighted by atomic mass is 16.3. The van der Waals surface area contributed by atoms with Crippen molar-refractivity contribution in [1.82, 2.24) is 14.5 Å². The summed E-state index contributed by atoms with van der Waals surface area (Å²) in [6.07, 6.45) is 7.31. The second-order valence-corrected chi connectivity index (χ2v) is 5.62. The molecule has 0 amide bonds. The fourth-order valence-corrected chi connectivity index (χ4v) is 3.35. The predicted molar refractivity (Wildman–Crippen MR) is 70.5 cm³/mol. The van der Waals surface area contributed by atoms with E-state index in [0.717, 1.165) is 38.2 Å². The van der Waals surface area contributed by atoms with E-state index in [4.69, 9.17) is 4.98 Å². The van der Waals surface area contributed by atoms with E-state index in [1.54, 1.807) is 0 Å². The van der Waals surface area contributed by atoms with Gasteiger partial charge >= 0.3 is 0 Å². The Kier molecular flexibility index (Phi) is 3.39. The van der Waals surface area contributed by atoms with Crippen LogP contribution < -0.4 is 0 Å². The molecule has 1 aromatic rings. The highest BCUT2D eigenvalue weighted by Crippen LogP contribution is 2.22. The normalized spacial score (nSPS) is 28.6. The van der Waals surface area contributed by atoms with E-state index >= 15 is 0 Å². The Morgan fingerprint density at radius 1 is 1.39 bits per heavy atom. The number of imidazole rings is 1. The molecule has 18 heavy (non-hydrogen) atoms. The Hall–Kier alpha value is -0.870. The van der Waals surface area contributed by atoms with Crippen LogP contribution in [0.5, 0.6) is 0 Å². The molecule has 0 aliphatic carbocycles. The Labute approximate surface area is 109 Å². The highest BCUT2D eigenvalue weighted by Gasteiger charge is 2.25. The Bertz CT molecular complexity index is 415. The van der Waals surface area contributed by atoms with Crippen molar-refractivity contribution in [3.63, 3.8) is 0 Å². The van der Waals surface area contributed by atoms with Crippen LogP contribution in [-0.4, -0.2) is 44.8 Å². The van der Waals surface area contributed by atoms with Gasteiger partial charge in [-0.3, -0.25) is 0 Å². The van der Waals surface area contributed by atoms with E-state index in [1.807, 2.05) is 0 Å². The molecule has 2 unspecified atom stereocenters. The summed E-state index contributed by atoms with van der Waals surface area (Å²) in [4.78, 5) is 7.27. The number of rotatable bonds is 3. The number of fused-ring (bicyclic) bond motifs is 1. The standard InChI is InChI=1S/C14H23N3O/c1-2-16-6-3-4-12(16)8-11-10-17-7-5-13(18)9-14(17)15-11/h10,12-13,18H,2-9H2,1H3. The fourth-order valence-electron chi connectivity index (χ4n) is 3.35. The molecule has 1 fully saturated rings. The Morgan fingerprint density at radius 2 is 2.28 bits per heavy atom. The predicted octanol–water partition coefficient (Wildman–Crippen LogP) is 1.22. The maximum absolute atomic E-state index is 9.67. The molecule has 2 atom stereocenters. The molecule has 0 aromatic carbocycles. The van der Waals surface area contributed by atoms with Gasteiger partial charge < -0.3 is 14.6 Å². The number of aliphatic hydroxyl groups is 1. The molecular weight excluding hydrogens is 226 g/mol. The number of aliphatic hydroxyl groups excluding tert-OH is 1. The van der Waals surface area contributed by atoms with Gasteiger partial charge in [0.05, 0.1) is 11.8 Å². The molecule has 4 nitrogen and oxygen atoms in total. The number of hydrogen-bond acceptors (Lipinski definition) is 3. The summed E-state index contributed by atoms with van der Waals surface area (Å²) in [5.41, 5.74) is 1.21. The quantitative estimate of drug-likeness (QED) is 0.875. The van der Waals surface area contributed by atoms with Crippen molar-refractivity contribution in [2.24, 2.45) is 0 Å². The summed E-state index contributed by atoms with van der Waals surface area (Å²) in [7, 11) is 0. The Balaban J connectivity index is 1.70. The zero-order valence-corrected chi connectivity index (χ0v) is 11.2. The summed E-state index contributed by atoms with van der Waals surface area (Å²) >= 11 is 0. The average Bonchev–Trinajstić information content (AvgIpc) is 2.94. The van der Waals surface area contributed by atoms with Gasteiger partial charge in [0.2, 0.25) is 0 Å². The van der Waals surface area contributed by atoms with Crippen molar-refractivity contribution in [3.8, 4) is 0 Å². The van der Waals surface area contributed by atoms with Crippen LogP contribution >= 0.6 is 0 Å². The van der Waals surface area contributed by atoms with E-state index in [0.29, 0.717) is 6.04 Å². The van der Waals surface area contributed by atoms with Gasteiger partial charge in [-0.2, -0.15) is 0 Å². The van der Waals surface area contributed by atoms with Gasteiger partial charge in [-0.25, -0.2) is 4.98 Å². The first-order valence-corrected chi connectivity index (χ1v) is 7.23.